The summed E-state index contributed by atoms with van der Waals surface area (Å²) in [7, 11) is 0. The van der Waals surface area contributed by atoms with Crippen molar-refractivity contribution in [3.8, 4) is 0 Å². The minimum atomic E-state index is -1.31. The number of benzene rings is 1. The van der Waals surface area contributed by atoms with E-state index in [9.17, 15) is 19.2 Å². The topological polar surface area (TPSA) is 136 Å². The second kappa shape index (κ2) is 11.4. The minimum absolute atomic E-state index is 0.331. The van der Waals surface area contributed by atoms with Crippen molar-refractivity contribution in [2.45, 2.75) is 65.3 Å². The monoisotopic (exact) mass is 453 g/mol. The van der Waals surface area contributed by atoms with Gasteiger partial charge in [0.25, 0.3) is 0 Å². The van der Waals surface area contributed by atoms with E-state index < -0.39 is 54.6 Å². The number of carbonyl (C=O) groups is 4. The third-order valence-corrected chi connectivity index (χ3v) is 4.29. The first-order valence-corrected chi connectivity index (χ1v) is 9.85. The molecule has 0 saturated carbocycles. The number of aryl methyl sites for hydroxylation is 1. The summed E-state index contributed by atoms with van der Waals surface area (Å²) in [4.78, 5) is 52.2. The van der Waals surface area contributed by atoms with E-state index in [4.69, 9.17) is 28.5 Å². The Morgan fingerprint density at radius 3 is 1.88 bits per heavy atom. The zero-order valence-corrected chi connectivity index (χ0v) is 18.5. The van der Waals surface area contributed by atoms with Gasteiger partial charge in [0.15, 0.2) is 18.3 Å². The molecule has 2 rings (SSSR count). The fraction of sp³-hybridized carbons (Fsp3) is 0.524. The Kier molecular flexibility index (Phi) is 8.97. The zero-order chi connectivity index (χ0) is 23.8. The van der Waals surface area contributed by atoms with Crippen molar-refractivity contribution >= 4 is 29.6 Å². The number of carbonyl (C=O) groups excluding carboxylic acids is 4. The smallest absolute Gasteiger partial charge is 0.303 e. The van der Waals surface area contributed by atoms with Gasteiger partial charge in [-0.2, -0.15) is 0 Å². The average Bonchev–Trinajstić information content (AvgIpc) is 2.69. The highest BCUT2D eigenvalue weighted by Crippen LogP contribution is 2.30. The van der Waals surface area contributed by atoms with E-state index in [1.807, 2.05) is 19.1 Å². The van der Waals surface area contributed by atoms with Crippen LogP contribution in [0, 0.1) is 6.92 Å². The van der Waals surface area contributed by atoms with Crippen LogP contribution in [0.25, 0.3) is 0 Å². The van der Waals surface area contributed by atoms with E-state index in [1.54, 1.807) is 12.1 Å². The highest BCUT2D eigenvalue weighted by Gasteiger charge is 2.53. The van der Waals surface area contributed by atoms with Gasteiger partial charge in [-0.25, -0.2) is 4.84 Å². The molecule has 1 aromatic carbocycles. The Morgan fingerprint density at radius 2 is 1.34 bits per heavy atom. The molecular weight excluding hydrogens is 426 g/mol. The summed E-state index contributed by atoms with van der Waals surface area (Å²) in [6.07, 6.45) is -6.22. The summed E-state index contributed by atoms with van der Waals surface area (Å²) in [5.41, 5.74) is 4.29. The lowest BCUT2D eigenvalue weighted by Crippen LogP contribution is -2.63. The van der Waals surface area contributed by atoms with Crippen molar-refractivity contribution in [2.75, 3.05) is 12.1 Å². The number of esters is 4. The maximum Gasteiger partial charge on any atom is 0.303 e. The Morgan fingerprint density at radius 1 is 0.812 bits per heavy atom. The van der Waals surface area contributed by atoms with Gasteiger partial charge in [0.2, 0.25) is 6.29 Å². The third kappa shape index (κ3) is 7.50. The molecule has 1 N–H and O–H groups in total. The normalized spacial score (nSPS) is 24.7. The van der Waals surface area contributed by atoms with Crippen LogP contribution in [0.5, 0.6) is 0 Å². The predicted molar refractivity (Wildman–Crippen MR) is 108 cm³/mol. The molecule has 5 atom stereocenters. The van der Waals surface area contributed by atoms with Crippen molar-refractivity contribution in [3.63, 3.8) is 0 Å². The second-order valence-corrected chi connectivity index (χ2v) is 7.15. The number of nitrogens with one attached hydrogen (secondary N) is 1. The van der Waals surface area contributed by atoms with Crippen molar-refractivity contribution in [1.29, 1.82) is 0 Å². The third-order valence-electron chi connectivity index (χ3n) is 4.29. The summed E-state index contributed by atoms with van der Waals surface area (Å²) >= 11 is 0. The summed E-state index contributed by atoms with van der Waals surface area (Å²) in [5, 5.41) is 0. The molecule has 176 valence electrons. The van der Waals surface area contributed by atoms with Crippen LogP contribution < -0.4 is 5.48 Å². The molecule has 1 aliphatic rings. The number of anilines is 1. The summed E-state index contributed by atoms with van der Waals surface area (Å²) < 4.78 is 26.7. The van der Waals surface area contributed by atoms with Crippen LogP contribution in [0.1, 0.15) is 33.3 Å². The largest absolute Gasteiger partial charge is 0.463 e. The van der Waals surface area contributed by atoms with Gasteiger partial charge in [0, 0.05) is 27.7 Å². The van der Waals surface area contributed by atoms with Gasteiger partial charge in [0.1, 0.15) is 12.7 Å². The SMILES string of the molecule is CC(=O)OC[C@H]1O[C@H](ONc2ccc(C)cc2)[C@H](OC(C)=O)[C@@H](OC(C)=O)[C@H]1OC(C)=O. The molecule has 0 radical (unpaired) electrons. The molecule has 11 heteroatoms. The van der Waals surface area contributed by atoms with Crippen LogP contribution in [0.15, 0.2) is 24.3 Å². The van der Waals surface area contributed by atoms with Crippen molar-refractivity contribution in [1.82, 2.24) is 0 Å². The van der Waals surface area contributed by atoms with Crippen LogP contribution >= 0.6 is 0 Å². The summed E-state index contributed by atoms with van der Waals surface area (Å²) in [5.74, 6) is -2.73. The molecule has 1 fully saturated rings. The van der Waals surface area contributed by atoms with Gasteiger partial charge in [0.05, 0.1) is 5.69 Å². The molecule has 11 nitrogen and oxygen atoms in total. The average molecular weight is 453 g/mol. The molecule has 0 aromatic heterocycles. The van der Waals surface area contributed by atoms with Crippen LogP contribution in [0.4, 0.5) is 5.69 Å². The first kappa shape index (κ1) is 25.1. The lowest BCUT2D eigenvalue weighted by molar-refractivity contribution is -0.302. The van der Waals surface area contributed by atoms with Gasteiger partial charge in [-0.1, -0.05) is 17.7 Å². The first-order chi connectivity index (χ1) is 15.1. The van der Waals surface area contributed by atoms with Crippen LogP contribution in [0.2, 0.25) is 0 Å². The maximum absolute atomic E-state index is 11.8. The first-order valence-electron chi connectivity index (χ1n) is 9.85. The van der Waals surface area contributed by atoms with Crippen molar-refractivity contribution in [3.05, 3.63) is 29.8 Å². The van der Waals surface area contributed by atoms with Crippen LogP contribution in [-0.4, -0.2) is 61.2 Å². The van der Waals surface area contributed by atoms with Gasteiger partial charge in [-0.05, 0) is 19.1 Å². The Hall–Kier alpha value is -3.18. The summed E-state index contributed by atoms with van der Waals surface area (Å²) in [6, 6.07) is 7.19. The number of rotatable bonds is 8. The molecular formula is C21H27NO10. The van der Waals surface area contributed by atoms with Gasteiger partial charge >= 0.3 is 23.9 Å². The van der Waals surface area contributed by atoms with E-state index in [1.165, 1.54) is 6.92 Å². The molecule has 1 aromatic rings. The highest BCUT2D eigenvalue weighted by atomic mass is 16.8. The molecule has 0 spiro atoms. The quantitative estimate of drug-likeness (QED) is 0.348. The molecule has 1 heterocycles. The van der Waals surface area contributed by atoms with Crippen molar-refractivity contribution in [2.24, 2.45) is 0 Å². The van der Waals surface area contributed by atoms with Gasteiger partial charge < -0.3 is 23.7 Å². The van der Waals surface area contributed by atoms with E-state index in [-0.39, 0.29) is 6.61 Å². The molecule has 0 unspecified atom stereocenters. The van der Waals surface area contributed by atoms with E-state index in [0.717, 1.165) is 26.3 Å². The fourth-order valence-corrected chi connectivity index (χ4v) is 3.03. The molecule has 1 aliphatic heterocycles. The minimum Gasteiger partial charge on any atom is -0.463 e. The number of hydrogen-bond donors (Lipinski definition) is 1. The number of ether oxygens (including phenoxy) is 5. The predicted octanol–water partition coefficient (Wildman–Crippen LogP) is 1.42. The van der Waals surface area contributed by atoms with E-state index in [0.29, 0.717) is 5.69 Å². The second-order valence-electron chi connectivity index (χ2n) is 7.15. The lowest BCUT2D eigenvalue weighted by Gasteiger charge is -2.43. The van der Waals surface area contributed by atoms with Crippen molar-refractivity contribution < 1.29 is 47.7 Å². The highest BCUT2D eigenvalue weighted by molar-refractivity contribution is 5.68. The van der Waals surface area contributed by atoms with Crippen LogP contribution in [0.3, 0.4) is 0 Å². The van der Waals surface area contributed by atoms with Gasteiger partial charge in [-0.15, -0.1) is 0 Å². The van der Waals surface area contributed by atoms with Crippen LogP contribution in [-0.2, 0) is 47.7 Å². The molecule has 32 heavy (non-hydrogen) atoms. The van der Waals surface area contributed by atoms with E-state index in [2.05, 4.69) is 5.48 Å². The zero-order valence-electron chi connectivity index (χ0n) is 18.5. The lowest BCUT2D eigenvalue weighted by atomic mass is 9.98. The maximum atomic E-state index is 11.8. The standard InChI is InChI=1S/C21H27NO10/c1-11-6-8-16(9-7-11)22-32-21-20(30-15(5)26)19(29-14(4)25)18(28-13(3)24)17(31-21)10-27-12(2)23/h6-9,17-22H,10H2,1-5H3/t17-,18+,19+,20-,21-/m1/s1. The van der Waals surface area contributed by atoms with E-state index >= 15 is 0 Å². The molecule has 1 saturated heterocycles. The molecule has 0 amide bonds. The fourth-order valence-electron chi connectivity index (χ4n) is 3.03. The molecule has 0 bridgehead atoms. The Labute approximate surface area is 185 Å². The summed E-state index contributed by atoms with van der Waals surface area (Å²) in [6.45, 7) is 6.23. The number of hydrogen-bond acceptors (Lipinski definition) is 11. The molecule has 0 aliphatic carbocycles. The Bertz CT molecular complexity index is 824. The Balaban J connectivity index is 2.35. The van der Waals surface area contributed by atoms with Gasteiger partial charge in [-0.3, -0.25) is 24.7 Å².